The molecule has 0 unspecified atom stereocenters. The van der Waals surface area contributed by atoms with Crippen LogP contribution in [0.15, 0.2) is 12.4 Å². The molecule has 2 aromatic rings. The maximum absolute atomic E-state index is 15.5. The van der Waals surface area contributed by atoms with Crippen LogP contribution in [0.4, 0.5) is 13.2 Å². The van der Waals surface area contributed by atoms with Gasteiger partial charge in [-0.1, -0.05) is 11.3 Å². The lowest BCUT2D eigenvalue weighted by Gasteiger charge is -2.35. The predicted octanol–water partition coefficient (Wildman–Crippen LogP) is 3.52. The average molecular weight is 528 g/mol. The molecule has 1 N–H and O–H groups in total. The van der Waals surface area contributed by atoms with E-state index in [0.717, 1.165) is 35.8 Å². The molecule has 0 radical (unpaired) electrons. The Balaban J connectivity index is 1.14. The number of alkyl halides is 3. The number of carbonyl (C=O) groups is 1. The molecule has 12 heteroatoms. The van der Waals surface area contributed by atoms with Crippen molar-refractivity contribution in [3.8, 4) is 11.1 Å². The lowest BCUT2D eigenvalue weighted by atomic mass is 9.81. The average Bonchev–Trinajstić information content (AvgIpc) is 3.15. The second kappa shape index (κ2) is 12.2. The second-order valence-electron chi connectivity index (χ2n) is 9.42. The Kier molecular flexibility index (Phi) is 9.00. The number of nitrogens with one attached hydrogen (secondary N) is 1. The number of thiazole rings is 1. The maximum atomic E-state index is 15.5. The third kappa shape index (κ3) is 7.76. The van der Waals surface area contributed by atoms with E-state index in [-0.39, 0.29) is 18.6 Å². The normalized spacial score (nSPS) is 22.6. The molecule has 0 bridgehead atoms. The van der Waals surface area contributed by atoms with Crippen molar-refractivity contribution in [2.24, 2.45) is 0 Å². The lowest BCUT2D eigenvalue weighted by molar-refractivity contribution is -0.124. The zero-order chi connectivity index (χ0) is 25.5. The van der Waals surface area contributed by atoms with Crippen LogP contribution >= 0.6 is 11.3 Å². The van der Waals surface area contributed by atoms with E-state index in [1.165, 1.54) is 17.5 Å². The maximum Gasteiger partial charge on any atom is 0.273 e. The van der Waals surface area contributed by atoms with Crippen LogP contribution in [0.5, 0.6) is 11.1 Å². The molecule has 2 aromatic heterocycles. The van der Waals surface area contributed by atoms with E-state index in [4.69, 9.17) is 9.47 Å². The van der Waals surface area contributed by atoms with Crippen LogP contribution in [-0.4, -0.2) is 76.7 Å². The number of aromatic nitrogens is 3. The van der Waals surface area contributed by atoms with Gasteiger partial charge >= 0.3 is 0 Å². The van der Waals surface area contributed by atoms with Crippen LogP contribution in [0.2, 0.25) is 0 Å². The smallest absolute Gasteiger partial charge is 0.273 e. The molecule has 1 amide bonds. The summed E-state index contributed by atoms with van der Waals surface area (Å²) in [6.07, 6.45) is 4.45. The molecule has 198 valence electrons. The molecular formula is C24H32F3N5O3S. The van der Waals surface area contributed by atoms with Crippen LogP contribution in [0, 0.1) is 6.92 Å². The van der Waals surface area contributed by atoms with Crippen LogP contribution < -0.4 is 14.8 Å². The first kappa shape index (κ1) is 26.6. The van der Waals surface area contributed by atoms with Crippen molar-refractivity contribution in [2.75, 3.05) is 32.8 Å². The molecule has 4 rings (SSSR count). The molecule has 0 saturated heterocycles. The summed E-state index contributed by atoms with van der Waals surface area (Å²) < 4.78 is 50.6. The Morgan fingerprint density at radius 3 is 2.72 bits per heavy atom. The number of carbonyl (C=O) groups excluding carboxylic acids is 1. The van der Waals surface area contributed by atoms with Crippen LogP contribution in [0.25, 0.3) is 0 Å². The molecule has 3 heterocycles. The molecule has 0 aromatic carbocycles. The van der Waals surface area contributed by atoms with E-state index in [2.05, 4.69) is 25.2 Å². The van der Waals surface area contributed by atoms with Crippen molar-refractivity contribution in [3.63, 3.8) is 0 Å². The fourth-order valence-corrected chi connectivity index (χ4v) is 5.51. The van der Waals surface area contributed by atoms with Gasteiger partial charge in [-0.05, 0) is 45.4 Å². The van der Waals surface area contributed by atoms with Crippen LogP contribution in [-0.2, 0) is 17.6 Å². The molecule has 1 aliphatic carbocycles. The number of rotatable bonds is 10. The van der Waals surface area contributed by atoms with Gasteiger partial charge in [-0.15, -0.1) is 0 Å². The third-order valence-electron chi connectivity index (χ3n) is 6.64. The lowest BCUT2D eigenvalue weighted by Crippen LogP contribution is -2.44. The number of fused-ring (bicyclic) bond motifs is 1. The Hall–Kier alpha value is -2.47. The summed E-state index contributed by atoms with van der Waals surface area (Å²) >= 11 is 1.33. The first-order valence-corrected chi connectivity index (χ1v) is 13.1. The molecule has 0 atom stereocenters. The first-order chi connectivity index (χ1) is 17.3. The van der Waals surface area contributed by atoms with Gasteiger partial charge in [-0.3, -0.25) is 9.78 Å². The topological polar surface area (TPSA) is 89.5 Å². The molecule has 1 fully saturated rings. The fraction of sp³-hybridized carbons (Fsp3) is 0.667. The number of hydrogen-bond donors (Lipinski definition) is 1. The standard InChI is InChI=1S/C24H32F3N5O3S/c1-16-12-29-22(13-28-16)34-15-21(33)30-17-2-6-24(27,7-3-17)8-11-32-9-4-18-19(5-10-32)36-23(31-18)35-14-20(25)26/h12-13,17,20H,2-11,14-15H2,1H3,(H,30,33)/t17-,24+. The first-order valence-electron chi connectivity index (χ1n) is 12.3. The minimum atomic E-state index is -2.52. The molecule has 36 heavy (non-hydrogen) atoms. The molecule has 8 nitrogen and oxygen atoms in total. The minimum absolute atomic E-state index is 0.0594. The van der Waals surface area contributed by atoms with E-state index < -0.39 is 18.7 Å². The van der Waals surface area contributed by atoms with E-state index in [0.29, 0.717) is 56.1 Å². The van der Waals surface area contributed by atoms with Gasteiger partial charge in [0.05, 0.1) is 23.8 Å². The van der Waals surface area contributed by atoms with Gasteiger partial charge in [0, 0.05) is 37.0 Å². The molecular weight excluding hydrogens is 495 g/mol. The highest BCUT2D eigenvalue weighted by atomic mass is 32.1. The summed E-state index contributed by atoms with van der Waals surface area (Å²) in [5.74, 6) is 0.0455. The Bertz CT molecular complexity index is 974. The van der Waals surface area contributed by atoms with Crippen LogP contribution in [0.1, 0.15) is 48.4 Å². The fourth-order valence-electron chi connectivity index (χ4n) is 4.56. The second-order valence-corrected chi connectivity index (χ2v) is 10.5. The molecule has 1 saturated carbocycles. The quantitative estimate of drug-likeness (QED) is 0.506. The van der Waals surface area contributed by atoms with Gasteiger partial charge in [0.15, 0.2) is 13.2 Å². The molecule has 0 spiro atoms. The highest BCUT2D eigenvalue weighted by Crippen LogP contribution is 2.35. The Morgan fingerprint density at radius 1 is 1.22 bits per heavy atom. The minimum Gasteiger partial charge on any atom is -0.466 e. The molecule has 1 aliphatic heterocycles. The van der Waals surface area contributed by atoms with E-state index in [9.17, 15) is 13.6 Å². The van der Waals surface area contributed by atoms with Crippen molar-refractivity contribution >= 4 is 17.2 Å². The zero-order valence-electron chi connectivity index (χ0n) is 20.4. The Morgan fingerprint density at radius 2 is 2.00 bits per heavy atom. The van der Waals surface area contributed by atoms with Crippen LogP contribution in [0.3, 0.4) is 0 Å². The van der Waals surface area contributed by atoms with Gasteiger partial charge in [-0.2, -0.15) is 0 Å². The van der Waals surface area contributed by atoms with Crippen molar-refractivity contribution in [1.82, 2.24) is 25.2 Å². The largest absolute Gasteiger partial charge is 0.466 e. The van der Waals surface area contributed by atoms with Gasteiger partial charge < -0.3 is 19.7 Å². The summed E-state index contributed by atoms with van der Waals surface area (Å²) in [5.41, 5.74) is 0.430. The Labute approximate surface area is 212 Å². The van der Waals surface area contributed by atoms with E-state index in [1.807, 2.05) is 6.92 Å². The number of amides is 1. The summed E-state index contributed by atoms with van der Waals surface area (Å²) in [6, 6.07) is -0.0594. The number of aryl methyl sites for hydroxylation is 1. The van der Waals surface area contributed by atoms with Gasteiger partial charge in [0.1, 0.15) is 5.67 Å². The zero-order valence-corrected chi connectivity index (χ0v) is 21.2. The van der Waals surface area contributed by atoms with Gasteiger partial charge in [0.2, 0.25) is 5.88 Å². The van der Waals surface area contributed by atoms with Gasteiger partial charge in [0.25, 0.3) is 17.5 Å². The van der Waals surface area contributed by atoms with Crippen molar-refractivity contribution in [3.05, 3.63) is 28.7 Å². The molecule has 2 aliphatic rings. The number of halogens is 3. The SMILES string of the molecule is Cc1cnc(OCC(=O)N[C@H]2CC[C@](F)(CCN3CCc4nc(OCC(F)F)sc4CC3)CC2)cn1. The number of hydrogen-bond acceptors (Lipinski definition) is 8. The predicted molar refractivity (Wildman–Crippen MR) is 129 cm³/mol. The monoisotopic (exact) mass is 527 g/mol. The van der Waals surface area contributed by atoms with E-state index in [1.54, 1.807) is 6.20 Å². The number of nitrogens with zero attached hydrogens (tertiary/aromatic N) is 4. The summed E-state index contributed by atoms with van der Waals surface area (Å²) in [6.45, 7) is 3.22. The summed E-state index contributed by atoms with van der Waals surface area (Å²) in [5, 5.41) is 3.23. The highest BCUT2D eigenvalue weighted by Gasteiger charge is 2.36. The number of ether oxygens (including phenoxy) is 2. The van der Waals surface area contributed by atoms with Crippen molar-refractivity contribution < 1.29 is 27.4 Å². The van der Waals surface area contributed by atoms with E-state index >= 15 is 4.39 Å². The summed E-state index contributed by atoms with van der Waals surface area (Å²) in [4.78, 5) is 28.0. The third-order valence-corrected chi connectivity index (χ3v) is 7.71. The van der Waals surface area contributed by atoms with Crippen molar-refractivity contribution in [2.45, 2.75) is 70.0 Å². The summed E-state index contributed by atoms with van der Waals surface area (Å²) in [7, 11) is 0. The highest BCUT2D eigenvalue weighted by molar-refractivity contribution is 7.13. The van der Waals surface area contributed by atoms with Gasteiger partial charge in [-0.25, -0.2) is 23.1 Å². The van der Waals surface area contributed by atoms with Crippen molar-refractivity contribution in [1.29, 1.82) is 0 Å².